The number of phenols is 2. The van der Waals surface area contributed by atoms with Crippen molar-refractivity contribution in [1.29, 1.82) is 0 Å². The van der Waals surface area contributed by atoms with Crippen LogP contribution in [0.3, 0.4) is 0 Å². The molecule has 13 nitrogen and oxygen atoms in total. The normalized spacial score (nSPS) is 16.1. The molecule has 0 bridgehead atoms. The second kappa shape index (κ2) is 14.2. The molecule has 2 fully saturated rings. The monoisotopic (exact) mass is 694 g/mol. The average Bonchev–Trinajstić information content (AvgIpc) is 3.49. The predicted molar refractivity (Wildman–Crippen MR) is 179 cm³/mol. The molecule has 4 aromatic rings. The summed E-state index contributed by atoms with van der Waals surface area (Å²) in [7, 11) is -6.22. The van der Waals surface area contributed by atoms with Crippen LogP contribution in [0.5, 0.6) is 17.2 Å². The van der Waals surface area contributed by atoms with Crippen LogP contribution >= 0.6 is 0 Å². The number of phenolic OH excluding ortho intramolecular Hbond substituents is 2. The molecule has 2 aliphatic rings. The van der Waals surface area contributed by atoms with Gasteiger partial charge in [0, 0.05) is 0 Å². The molecule has 4 N–H and O–H groups in total. The van der Waals surface area contributed by atoms with Gasteiger partial charge in [-0.3, -0.25) is 9.59 Å². The molecule has 2 amide bonds. The average molecular weight is 695 g/mol. The molecule has 0 spiro atoms. The molecule has 0 atom stereocenters. The van der Waals surface area contributed by atoms with Gasteiger partial charge in [0.1, 0.15) is 30.3 Å². The first-order valence-corrected chi connectivity index (χ1v) is 17.7. The van der Waals surface area contributed by atoms with Gasteiger partial charge in [-0.2, -0.15) is 16.8 Å². The Morgan fingerprint density at radius 1 is 0.604 bits per heavy atom. The molecule has 6 rings (SSSR count). The number of rotatable bonds is 9. The number of ether oxygens (including phenoxy) is 1. The maximum atomic E-state index is 11.9. The fourth-order valence-electron chi connectivity index (χ4n) is 5.24. The first-order chi connectivity index (χ1) is 22.8. The van der Waals surface area contributed by atoms with Crippen molar-refractivity contribution in [3.05, 3.63) is 113 Å². The van der Waals surface area contributed by atoms with E-state index in [1.54, 1.807) is 19.2 Å². The van der Waals surface area contributed by atoms with Crippen molar-refractivity contribution in [3.8, 4) is 17.2 Å². The Kier molecular flexibility index (Phi) is 10.1. The first-order valence-electron chi connectivity index (χ1n) is 14.8. The number of carbonyl (C=O) groups is 2. The maximum Gasteiger partial charge on any atom is 0.326 e. The zero-order valence-corrected chi connectivity index (χ0v) is 27.5. The van der Waals surface area contributed by atoms with E-state index < -0.39 is 32.2 Å². The van der Waals surface area contributed by atoms with E-state index in [1.165, 1.54) is 29.8 Å². The van der Waals surface area contributed by atoms with Crippen LogP contribution in [-0.4, -0.2) is 59.1 Å². The SMILES string of the molecule is COc1cccc(CCc2ccc(N3CC(=O)NS3(=O)=O)c(O)c2)c1.O=C1CN(c2ccc(CCc3ccccc3)cc2O)S(=O)(=O)N1. The van der Waals surface area contributed by atoms with Gasteiger partial charge < -0.3 is 14.9 Å². The van der Waals surface area contributed by atoms with Crippen molar-refractivity contribution >= 4 is 43.6 Å². The highest BCUT2D eigenvalue weighted by Crippen LogP contribution is 2.33. The Bertz CT molecular complexity index is 2040. The number of nitrogens with one attached hydrogen (secondary N) is 2. The number of hydrogen-bond acceptors (Lipinski definition) is 9. The van der Waals surface area contributed by atoms with E-state index in [0.717, 1.165) is 50.3 Å². The molecule has 2 saturated heterocycles. The Morgan fingerprint density at radius 2 is 1.04 bits per heavy atom. The summed E-state index contributed by atoms with van der Waals surface area (Å²) in [5.74, 6) is -0.787. The van der Waals surface area contributed by atoms with Gasteiger partial charge in [-0.1, -0.05) is 54.6 Å². The van der Waals surface area contributed by atoms with Crippen LogP contribution in [-0.2, 0) is 55.7 Å². The Morgan fingerprint density at radius 3 is 1.46 bits per heavy atom. The molecule has 0 radical (unpaired) electrons. The quantitative estimate of drug-likeness (QED) is 0.205. The summed E-state index contributed by atoms with van der Waals surface area (Å²) in [6.45, 7) is -0.654. The number of amides is 2. The number of aromatic hydroxyl groups is 2. The minimum atomic E-state index is -3.93. The summed E-state index contributed by atoms with van der Waals surface area (Å²) in [5.41, 5.74) is 4.23. The summed E-state index contributed by atoms with van der Waals surface area (Å²) in [6.07, 6.45) is 2.96. The number of aryl methyl sites for hydroxylation is 4. The molecule has 4 aromatic carbocycles. The van der Waals surface area contributed by atoms with Gasteiger partial charge in [-0.05, 0) is 84.3 Å². The van der Waals surface area contributed by atoms with Crippen LogP contribution in [0.15, 0.2) is 91.0 Å². The van der Waals surface area contributed by atoms with Gasteiger partial charge in [0.05, 0.1) is 18.5 Å². The molecular formula is C33H34N4O9S2. The highest BCUT2D eigenvalue weighted by Gasteiger charge is 2.36. The maximum absolute atomic E-state index is 11.9. The molecule has 2 heterocycles. The van der Waals surface area contributed by atoms with Crippen LogP contribution in [0.1, 0.15) is 22.3 Å². The van der Waals surface area contributed by atoms with Crippen molar-refractivity contribution in [2.75, 3.05) is 28.8 Å². The van der Waals surface area contributed by atoms with E-state index in [4.69, 9.17) is 4.74 Å². The highest BCUT2D eigenvalue weighted by atomic mass is 32.2. The number of anilines is 2. The van der Waals surface area contributed by atoms with E-state index in [-0.39, 0.29) is 36.0 Å². The summed E-state index contributed by atoms with van der Waals surface area (Å²) in [4.78, 5) is 22.6. The van der Waals surface area contributed by atoms with Gasteiger partial charge in [-0.15, -0.1) is 0 Å². The van der Waals surface area contributed by atoms with Gasteiger partial charge in [0.25, 0.3) is 11.8 Å². The molecule has 2 aliphatic heterocycles. The van der Waals surface area contributed by atoms with Crippen LogP contribution in [0.4, 0.5) is 11.4 Å². The Labute approximate surface area is 278 Å². The lowest BCUT2D eigenvalue weighted by Crippen LogP contribution is -2.29. The van der Waals surface area contributed by atoms with Gasteiger partial charge in [0.2, 0.25) is 0 Å². The fourth-order valence-corrected chi connectivity index (χ4v) is 7.57. The first kappa shape index (κ1) is 34.1. The predicted octanol–water partition coefficient (Wildman–Crippen LogP) is 2.73. The number of hydrogen-bond donors (Lipinski definition) is 4. The summed E-state index contributed by atoms with van der Waals surface area (Å²) in [5, 5.41) is 20.3. The molecule has 0 aromatic heterocycles. The zero-order valence-electron chi connectivity index (χ0n) is 25.9. The number of benzene rings is 4. The molecule has 252 valence electrons. The second-order valence-corrected chi connectivity index (χ2v) is 14.2. The highest BCUT2D eigenvalue weighted by molar-refractivity contribution is 7.92. The Hall–Kier alpha value is -5.28. The third-order valence-corrected chi connectivity index (χ3v) is 10.4. The lowest BCUT2D eigenvalue weighted by atomic mass is 10.0. The second-order valence-electron chi connectivity index (χ2n) is 11.1. The van der Waals surface area contributed by atoms with Crippen LogP contribution < -0.4 is 22.8 Å². The van der Waals surface area contributed by atoms with Gasteiger partial charge in [0.15, 0.2) is 0 Å². The van der Waals surface area contributed by atoms with Crippen LogP contribution in [0.2, 0.25) is 0 Å². The van der Waals surface area contributed by atoms with Crippen molar-refractivity contribution < 1.29 is 41.4 Å². The lowest BCUT2D eigenvalue weighted by molar-refractivity contribution is -0.118. The van der Waals surface area contributed by atoms with Gasteiger partial charge >= 0.3 is 20.4 Å². The van der Waals surface area contributed by atoms with E-state index in [0.29, 0.717) is 6.42 Å². The largest absolute Gasteiger partial charge is 0.506 e. The summed E-state index contributed by atoms with van der Waals surface area (Å²) >= 11 is 0. The molecule has 0 unspecified atom stereocenters. The zero-order chi connectivity index (χ0) is 34.5. The molecule has 48 heavy (non-hydrogen) atoms. The van der Waals surface area contributed by atoms with E-state index >= 15 is 0 Å². The standard InChI is InChI=1S/C17H18N2O5S.C16H16N2O4S/c1-24-14-4-2-3-12(9-14)5-6-13-7-8-15(16(20)10-13)19-11-17(21)18-25(19,22)23;19-15-10-13(7-6-12-4-2-1-3-5-12)8-9-14(15)18-11-16(20)17-23(18,21)22/h2-4,7-10,20H,5-6,11H2,1H3,(H,18,21);1-5,8-10,19H,6-7,11H2,(H,17,20). The lowest BCUT2D eigenvalue weighted by Gasteiger charge is -2.16. The molecular weight excluding hydrogens is 661 g/mol. The third-order valence-electron chi connectivity index (χ3n) is 7.64. The smallest absolute Gasteiger partial charge is 0.326 e. The minimum Gasteiger partial charge on any atom is -0.506 e. The molecule has 0 saturated carbocycles. The van der Waals surface area contributed by atoms with Crippen molar-refractivity contribution in [3.63, 3.8) is 0 Å². The van der Waals surface area contributed by atoms with Crippen LogP contribution in [0.25, 0.3) is 0 Å². The van der Waals surface area contributed by atoms with E-state index in [1.807, 2.05) is 64.0 Å². The van der Waals surface area contributed by atoms with E-state index in [9.17, 15) is 36.6 Å². The fraction of sp³-hybridized carbons (Fsp3) is 0.212. The summed E-state index contributed by atoms with van der Waals surface area (Å²) in [6, 6.07) is 27.3. The Balaban J connectivity index is 0.000000188. The molecule has 15 heteroatoms. The van der Waals surface area contributed by atoms with Gasteiger partial charge in [-0.25, -0.2) is 18.1 Å². The van der Waals surface area contributed by atoms with Crippen molar-refractivity contribution in [1.82, 2.24) is 9.44 Å². The summed E-state index contributed by atoms with van der Waals surface area (Å²) < 4.78 is 58.0. The van der Waals surface area contributed by atoms with Crippen molar-refractivity contribution in [2.45, 2.75) is 25.7 Å². The van der Waals surface area contributed by atoms with Crippen molar-refractivity contribution in [2.24, 2.45) is 0 Å². The van der Waals surface area contributed by atoms with E-state index in [2.05, 4.69) is 0 Å². The number of nitrogens with zero attached hydrogens (tertiary/aromatic N) is 2. The van der Waals surface area contributed by atoms with Crippen LogP contribution in [0, 0.1) is 0 Å². The third kappa shape index (κ3) is 8.16. The molecule has 0 aliphatic carbocycles. The number of methoxy groups -OCH3 is 1. The number of carbonyl (C=O) groups excluding carboxylic acids is 2. The minimum absolute atomic E-state index is 0.0866. The topological polar surface area (TPSA) is 183 Å².